The van der Waals surface area contributed by atoms with Gasteiger partial charge in [-0.1, -0.05) is 27.4 Å². The van der Waals surface area contributed by atoms with Gasteiger partial charge in [0, 0.05) is 15.1 Å². The molecule has 0 radical (unpaired) electrons. The normalized spacial score (nSPS) is 44.6. The van der Waals surface area contributed by atoms with Crippen molar-refractivity contribution >= 4 is 12.4 Å². The van der Waals surface area contributed by atoms with Crippen LogP contribution in [0.25, 0.3) is 0 Å². The Kier molecular flexibility index (Phi) is 9.79. The Labute approximate surface area is 291 Å². The molecule has 2 spiro atoms. The highest BCUT2D eigenvalue weighted by molar-refractivity contribution is 5.68. The molecule has 7 rings (SSSR count). The lowest BCUT2D eigenvalue weighted by molar-refractivity contribution is -0.243. The lowest BCUT2D eigenvalue weighted by atomic mass is 9.46. The van der Waals surface area contributed by atoms with E-state index in [0.29, 0.717) is 53.9 Å². The molecule has 2 aliphatic heterocycles. The second-order valence-electron chi connectivity index (χ2n) is 18.4. The Balaban J connectivity index is 0.00000113. The summed E-state index contributed by atoms with van der Waals surface area (Å²) in [6.45, 7) is 22.5. The van der Waals surface area contributed by atoms with Crippen LogP contribution in [0.15, 0.2) is 12.2 Å². The minimum absolute atomic E-state index is 0. The highest BCUT2D eigenvalue weighted by atomic mass is 16.7. The molecule has 274 valence electrons. The first-order valence-electron chi connectivity index (χ1n) is 19.1. The van der Waals surface area contributed by atoms with Crippen molar-refractivity contribution < 1.29 is 34.7 Å². The Morgan fingerprint density at radius 2 is 1.73 bits per heavy atom. The molecule has 5 aliphatic carbocycles. The smallest absolute Gasteiger partial charge is 0.410 e. The second kappa shape index (κ2) is 12.9. The monoisotopic (exact) mass is 673 g/mol. The molecule has 0 aromatic heterocycles. The highest BCUT2D eigenvalue weighted by Gasteiger charge is 2.80. The van der Waals surface area contributed by atoms with E-state index in [-0.39, 0.29) is 31.2 Å². The average Bonchev–Trinajstić information content (AvgIpc) is 3.58. The Bertz CT molecular complexity index is 1240. The number of hydrogen-bond donors (Lipinski definition) is 0. The van der Waals surface area contributed by atoms with Gasteiger partial charge < -0.3 is 33.4 Å². The molecule has 2 heterocycles. The number of hydrogen-bond acceptors (Lipinski definition) is 7. The molecule has 5 saturated carbocycles. The zero-order chi connectivity index (χ0) is 34.9. The predicted octanol–water partition coefficient (Wildman–Crippen LogP) is 8.21. The summed E-state index contributed by atoms with van der Waals surface area (Å²) in [5.41, 5.74) is 2.03. The van der Waals surface area contributed by atoms with E-state index in [0.717, 1.165) is 36.5 Å². The molecule has 1 amide bonds. The first-order chi connectivity index (χ1) is 22.6. The SMILES string of the molecule is C=C(C)C(OC)C1CCC2C(CC3C4CCC5C(C)(C)C(OC6CN(C(=O)OC(C)(C)C)CCO6)CCC56CC46CCC23C)O1.CC=O.[HH]. The van der Waals surface area contributed by atoms with Crippen LogP contribution in [-0.2, 0) is 28.5 Å². The zero-order valence-electron chi connectivity index (χ0n) is 31.5. The molecule has 12 unspecified atom stereocenters. The maximum absolute atomic E-state index is 12.8. The molecule has 12 atom stereocenters. The molecule has 0 aromatic carbocycles. The summed E-state index contributed by atoms with van der Waals surface area (Å²) in [4.78, 5) is 23.4. The van der Waals surface area contributed by atoms with E-state index in [9.17, 15) is 4.79 Å². The first-order valence-corrected chi connectivity index (χ1v) is 19.1. The van der Waals surface area contributed by atoms with E-state index in [2.05, 4.69) is 34.3 Å². The van der Waals surface area contributed by atoms with Crippen molar-refractivity contribution in [1.29, 1.82) is 0 Å². The summed E-state index contributed by atoms with van der Waals surface area (Å²) in [6, 6.07) is 0. The van der Waals surface area contributed by atoms with Crippen LogP contribution < -0.4 is 0 Å². The second-order valence-corrected chi connectivity index (χ2v) is 18.4. The Hall–Kier alpha value is -1.48. The molecule has 2 saturated heterocycles. The molecule has 48 heavy (non-hydrogen) atoms. The third-order valence-corrected chi connectivity index (χ3v) is 14.6. The highest BCUT2D eigenvalue weighted by Crippen LogP contribution is 2.87. The molecule has 8 nitrogen and oxygen atoms in total. The summed E-state index contributed by atoms with van der Waals surface area (Å²) >= 11 is 0. The summed E-state index contributed by atoms with van der Waals surface area (Å²) in [5.74, 6) is 2.97. The number of nitrogens with zero attached hydrogens (tertiary/aromatic N) is 1. The minimum Gasteiger partial charge on any atom is -0.444 e. The van der Waals surface area contributed by atoms with E-state index in [1.165, 1.54) is 58.3 Å². The maximum Gasteiger partial charge on any atom is 0.410 e. The van der Waals surface area contributed by atoms with Crippen LogP contribution in [-0.4, -0.2) is 80.4 Å². The third-order valence-electron chi connectivity index (χ3n) is 14.6. The van der Waals surface area contributed by atoms with Gasteiger partial charge in [-0.3, -0.25) is 0 Å². The van der Waals surface area contributed by atoms with Crippen molar-refractivity contribution in [3.63, 3.8) is 0 Å². The van der Waals surface area contributed by atoms with Crippen LogP contribution in [0.4, 0.5) is 4.79 Å². The van der Waals surface area contributed by atoms with Crippen molar-refractivity contribution in [2.24, 2.45) is 45.3 Å². The number of rotatable bonds is 5. The van der Waals surface area contributed by atoms with Gasteiger partial charge in [-0.2, -0.15) is 0 Å². The van der Waals surface area contributed by atoms with Gasteiger partial charge in [-0.25, -0.2) is 4.79 Å². The van der Waals surface area contributed by atoms with Crippen molar-refractivity contribution in [2.45, 2.75) is 156 Å². The maximum atomic E-state index is 12.8. The number of carbonyl (C=O) groups excluding carboxylic acids is 2. The number of aldehydes is 1. The number of morpholine rings is 1. The topological polar surface area (TPSA) is 83.5 Å². The van der Waals surface area contributed by atoms with E-state index < -0.39 is 11.9 Å². The summed E-state index contributed by atoms with van der Waals surface area (Å²) < 4.78 is 31.3. The summed E-state index contributed by atoms with van der Waals surface area (Å²) in [5, 5.41) is 0. The van der Waals surface area contributed by atoms with Crippen molar-refractivity contribution in [1.82, 2.24) is 4.90 Å². The lowest BCUT2D eigenvalue weighted by Gasteiger charge is -2.60. The fraction of sp³-hybridized carbons (Fsp3) is 0.900. The first kappa shape index (κ1) is 36.3. The minimum atomic E-state index is -0.509. The van der Waals surface area contributed by atoms with Gasteiger partial charge in [0.2, 0.25) is 0 Å². The number of amides is 1. The van der Waals surface area contributed by atoms with Gasteiger partial charge in [0.1, 0.15) is 18.0 Å². The largest absolute Gasteiger partial charge is 0.444 e. The van der Waals surface area contributed by atoms with Gasteiger partial charge >= 0.3 is 6.09 Å². The molecule has 8 heteroatoms. The van der Waals surface area contributed by atoms with E-state index in [4.69, 9.17) is 28.5 Å². The fourth-order valence-electron chi connectivity index (χ4n) is 12.8. The van der Waals surface area contributed by atoms with Crippen LogP contribution in [0, 0.1) is 45.3 Å². The van der Waals surface area contributed by atoms with Gasteiger partial charge in [0.05, 0.1) is 31.5 Å². The Morgan fingerprint density at radius 1 is 1.02 bits per heavy atom. The van der Waals surface area contributed by atoms with E-state index >= 15 is 0 Å². The van der Waals surface area contributed by atoms with Gasteiger partial charge in [0.15, 0.2) is 6.29 Å². The third kappa shape index (κ3) is 5.90. The van der Waals surface area contributed by atoms with Crippen LogP contribution in [0.5, 0.6) is 0 Å². The quantitative estimate of drug-likeness (QED) is 0.215. The zero-order valence-corrected chi connectivity index (χ0v) is 31.5. The van der Waals surface area contributed by atoms with Crippen LogP contribution in [0.3, 0.4) is 0 Å². The van der Waals surface area contributed by atoms with Crippen molar-refractivity contribution in [3.05, 3.63) is 12.2 Å². The van der Waals surface area contributed by atoms with Gasteiger partial charge in [0.25, 0.3) is 0 Å². The number of ether oxygens (including phenoxy) is 5. The lowest BCUT2D eigenvalue weighted by Crippen LogP contribution is -2.56. The molecule has 0 aromatic rings. The van der Waals surface area contributed by atoms with E-state index in [1.54, 1.807) is 12.0 Å². The fourth-order valence-corrected chi connectivity index (χ4v) is 12.8. The number of fused-ring (bicyclic) bond motifs is 4. The molecule has 0 N–H and O–H groups in total. The molecule has 7 fully saturated rings. The summed E-state index contributed by atoms with van der Waals surface area (Å²) in [6.07, 6.45) is 13.5. The van der Waals surface area contributed by atoms with Crippen molar-refractivity contribution in [3.8, 4) is 0 Å². The molecular formula is C40H67NO7. The van der Waals surface area contributed by atoms with Crippen LogP contribution >= 0.6 is 0 Å². The number of methoxy groups -OCH3 is 1. The standard InChI is InChI=1S/C38H61NO6.C2H4O.H2/c1-23(2)32(41-9)27-12-10-25-28(43-27)20-26-24-11-13-29-35(6,7)30(14-15-38(29)22-37(24,38)17-16-36(25,26)8)44-31-21-39(18-19-42-31)33(40)45-34(3,4)5;1-2-3;/h24-32H,1,10-22H2,2-9H3;2H,1H3;1H. The van der Waals surface area contributed by atoms with Crippen LogP contribution in [0.2, 0.25) is 0 Å². The molecular weight excluding hydrogens is 606 g/mol. The molecule has 7 aliphatic rings. The van der Waals surface area contributed by atoms with E-state index in [1.807, 2.05) is 20.8 Å². The van der Waals surface area contributed by atoms with Gasteiger partial charge in [-0.15, -0.1) is 0 Å². The molecule has 0 bridgehead atoms. The van der Waals surface area contributed by atoms with Crippen LogP contribution in [0.1, 0.15) is 121 Å². The average molecular weight is 674 g/mol. The summed E-state index contributed by atoms with van der Waals surface area (Å²) in [7, 11) is 1.81. The predicted molar refractivity (Wildman–Crippen MR) is 187 cm³/mol. The number of carbonyl (C=O) groups is 2. The van der Waals surface area contributed by atoms with Crippen molar-refractivity contribution in [2.75, 3.05) is 26.8 Å². The van der Waals surface area contributed by atoms with Gasteiger partial charge in [-0.05, 0) is 150 Å². The Morgan fingerprint density at radius 3 is 2.40 bits per heavy atom.